The molecule has 1 aromatic carbocycles. The minimum atomic E-state index is -3.21. The van der Waals surface area contributed by atoms with E-state index in [1.807, 2.05) is 24.3 Å². The second-order valence-corrected chi connectivity index (χ2v) is 9.37. The van der Waals surface area contributed by atoms with E-state index < -0.39 is 10.0 Å². The molecule has 3 rings (SSSR count). The quantitative estimate of drug-likeness (QED) is 0.747. The molecule has 1 aliphatic rings. The molecule has 1 amide bonds. The van der Waals surface area contributed by atoms with Crippen molar-refractivity contribution in [2.45, 2.75) is 38.6 Å². The molecule has 1 aliphatic heterocycles. The Bertz CT molecular complexity index is 1030. The van der Waals surface area contributed by atoms with Crippen molar-refractivity contribution >= 4 is 21.6 Å². The summed E-state index contributed by atoms with van der Waals surface area (Å²) in [7, 11) is -1.58. The largest absolute Gasteiger partial charge is 0.346 e. The molecule has 9 nitrogen and oxygen atoms in total. The Balaban J connectivity index is 1.67. The Labute approximate surface area is 170 Å². The zero-order chi connectivity index (χ0) is 21.2. The Hall–Kier alpha value is -2.46. The summed E-state index contributed by atoms with van der Waals surface area (Å²) in [4.78, 5) is 24.8. The first-order valence-corrected chi connectivity index (χ1v) is 11.5. The number of anilines is 1. The zero-order valence-electron chi connectivity index (χ0n) is 17.0. The minimum absolute atomic E-state index is 0.0170. The fourth-order valence-corrected chi connectivity index (χ4v) is 4.44. The summed E-state index contributed by atoms with van der Waals surface area (Å²) < 4.78 is 27.4. The molecule has 2 heterocycles. The van der Waals surface area contributed by atoms with E-state index in [0.717, 1.165) is 11.1 Å². The maximum absolute atomic E-state index is 12.5. The van der Waals surface area contributed by atoms with Gasteiger partial charge in [-0.1, -0.05) is 19.1 Å². The lowest BCUT2D eigenvalue weighted by Gasteiger charge is -2.29. The first-order valence-electron chi connectivity index (χ1n) is 9.66. The molecule has 158 valence electrons. The number of hydrogen-bond donors (Lipinski definition) is 1. The Morgan fingerprint density at radius 1 is 1.21 bits per heavy atom. The van der Waals surface area contributed by atoms with E-state index in [0.29, 0.717) is 37.4 Å². The molecule has 1 aromatic heterocycles. The van der Waals surface area contributed by atoms with Crippen LogP contribution in [0.25, 0.3) is 0 Å². The maximum Gasteiger partial charge on any atom is 0.346 e. The molecule has 10 heteroatoms. The number of carbonyl (C=O) groups is 1. The van der Waals surface area contributed by atoms with Crippen LogP contribution in [0.3, 0.4) is 0 Å². The number of rotatable bonds is 6. The fraction of sp³-hybridized carbons (Fsp3) is 0.526. The van der Waals surface area contributed by atoms with E-state index >= 15 is 0 Å². The van der Waals surface area contributed by atoms with E-state index in [-0.39, 0.29) is 24.1 Å². The van der Waals surface area contributed by atoms with Crippen molar-refractivity contribution < 1.29 is 13.2 Å². The normalized spacial score (nSPS) is 16.1. The van der Waals surface area contributed by atoms with Crippen molar-refractivity contribution in [1.29, 1.82) is 0 Å². The molecular formula is C19H27N5O4S. The van der Waals surface area contributed by atoms with Gasteiger partial charge in [0.1, 0.15) is 12.4 Å². The van der Waals surface area contributed by atoms with E-state index in [1.165, 1.54) is 20.7 Å². The summed E-state index contributed by atoms with van der Waals surface area (Å²) in [6.45, 7) is 2.69. The van der Waals surface area contributed by atoms with Crippen molar-refractivity contribution in [1.82, 2.24) is 18.7 Å². The summed E-state index contributed by atoms with van der Waals surface area (Å²) in [6.07, 6.45) is 3.30. The van der Waals surface area contributed by atoms with Crippen LogP contribution in [0.4, 0.5) is 5.69 Å². The summed E-state index contributed by atoms with van der Waals surface area (Å²) >= 11 is 0. The Morgan fingerprint density at radius 2 is 1.83 bits per heavy atom. The third-order valence-corrected chi connectivity index (χ3v) is 6.61. The van der Waals surface area contributed by atoms with Crippen molar-refractivity contribution in [3.8, 4) is 0 Å². The Kier molecular flexibility index (Phi) is 6.23. The number of sulfonamides is 1. The summed E-state index contributed by atoms with van der Waals surface area (Å²) in [5, 5.41) is 7.15. The molecule has 0 radical (unpaired) electrons. The third kappa shape index (κ3) is 4.94. The number of carbonyl (C=O) groups excluding carboxylic acids is 1. The second kappa shape index (κ2) is 8.50. The molecule has 0 aliphatic carbocycles. The van der Waals surface area contributed by atoms with Gasteiger partial charge in [-0.2, -0.15) is 5.10 Å². The van der Waals surface area contributed by atoms with Crippen molar-refractivity contribution in [3.63, 3.8) is 0 Å². The van der Waals surface area contributed by atoms with Gasteiger partial charge in [-0.3, -0.25) is 9.36 Å². The van der Waals surface area contributed by atoms with Crippen molar-refractivity contribution in [2.75, 3.05) is 24.7 Å². The second-order valence-electron chi connectivity index (χ2n) is 7.39. The highest BCUT2D eigenvalue weighted by Gasteiger charge is 2.29. The van der Waals surface area contributed by atoms with Crippen LogP contribution < -0.4 is 11.0 Å². The molecule has 1 saturated heterocycles. The highest BCUT2D eigenvalue weighted by atomic mass is 32.2. The molecule has 2 aromatic rings. The van der Waals surface area contributed by atoms with E-state index in [9.17, 15) is 18.0 Å². The van der Waals surface area contributed by atoms with Gasteiger partial charge < -0.3 is 5.32 Å². The molecule has 1 fully saturated rings. The van der Waals surface area contributed by atoms with Crippen LogP contribution in [-0.4, -0.2) is 52.3 Å². The molecule has 1 N–H and O–H groups in total. The SMILES string of the molecule is CCc1ccc(NC(=O)Cn2nc(C3CCN(S(C)(=O)=O)CC3)n(C)c2=O)cc1. The Morgan fingerprint density at radius 3 is 2.38 bits per heavy atom. The van der Waals surface area contributed by atoms with E-state index in [1.54, 1.807) is 7.05 Å². The summed E-state index contributed by atoms with van der Waals surface area (Å²) in [5.74, 6) is 0.243. The number of nitrogens with one attached hydrogen (secondary N) is 1. The number of aromatic nitrogens is 3. The average Bonchev–Trinajstić information content (AvgIpc) is 2.96. The molecule has 0 unspecified atom stereocenters. The van der Waals surface area contributed by atoms with Gasteiger partial charge in [-0.05, 0) is 37.0 Å². The molecule has 0 bridgehead atoms. The van der Waals surface area contributed by atoms with Crippen molar-refractivity contribution in [3.05, 3.63) is 46.1 Å². The molecule has 0 saturated carbocycles. The smallest absolute Gasteiger partial charge is 0.324 e. The summed E-state index contributed by atoms with van der Waals surface area (Å²) in [5.41, 5.74) is 1.49. The number of nitrogens with zero attached hydrogens (tertiary/aromatic N) is 4. The lowest BCUT2D eigenvalue weighted by molar-refractivity contribution is -0.117. The van der Waals surface area contributed by atoms with E-state index in [2.05, 4.69) is 17.3 Å². The first-order chi connectivity index (χ1) is 13.7. The van der Waals surface area contributed by atoms with Crippen LogP contribution in [-0.2, 0) is 34.8 Å². The lowest BCUT2D eigenvalue weighted by atomic mass is 9.97. The van der Waals surface area contributed by atoms with Gasteiger partial charge in [-0.15, -0.1) is 0 Å². The van der Waals surface area contributed by atoms with Crippen LogP contribution in [0.15, 0.2) is 29.1 Å². The minimum Gasteiger partial charge on any atom is -0.324 e. The van der Waals surface area contributed by atoms with Crippen molar-refractivity contribution in [2.24, 2.45) is 7.05 Å². The third-order valence-electron chi connectivity index (χ3n) is 5.30. The fourth-order valence-electron chi connectivity index (χ4n) is 3.57. The molecule has 0 atom stereocenters. The molecule has 0 spiro atoms. The summed E-state index contributed by atoms with van der Waals surface area (Å²) in [6, 6.07) is 7.56. The maximum atomic E-state index is 12.5. The van der Waals surface area contributed by atoms with Crippen LogP contribution in [0.2, 0.25) is 0 Å². The van der Waals surface area contributed by atoms with Gasteiger partial charge in [0, 0.05) is 31.7 Å². The van der Waals surface area contributed by atoms with Crippen LogP contribution in [0.5, 0.6) is 0 Å². The number of hydrogen-bond acceptors (Lipinski definition) is 5. The van der Waals surface area contributed by atoms with Crippen LogP contribution in [0.1, 0.15) is 37.1 Å². The van der Waals surface area contributed by atoms with Gasteiger partial charge in [0.25, 0.3) is 0 Å². The van der Waals surface area contributed by atoms with E-state index in [4.69, 9.17) is 0 Å². The monoisotopic (exact) mass is 421 g/mol. The standard InChI is InChI=1S/C19H27N5O4S/c1-4-14-5-7-16(8-6-14)20-17(25)13-24-19(26)22(2)18(21-24)15-9-11-23(12-10-15)29(3,27)28/h5-8,15H,4,9-13H2,1-3H3,(H,20,25). The van der Waals surface area contributed by atoms with Gasteiger partial charge >= 0.3 is 5.69 Å². The first kappa shape index (κ1) is 21.3. The highest BCUT2D eigenvalue weighted by Crippen LogP contribution is 2.26. The van der Waals surface area contributed by atoms with Crippen LogP contribution >= 0.6 is 0 Å². The van der Waals surface area contributed by atoms with Gasteiger partial charge in [-0.25, -0.2) is 22.2 Å². The van der Waals surface area contributed by atoms with Crippen LogP contribution in [0, 0.1) is 0 Å². The topological polar surface area (TPSA) is 106 Å². The number of aryl methyl sites for hydroxylation is 1. The predicted molar refractivity (Wildman–Crippen MR) is 110 cm³/mol. The molecular weight excluding hydrogens is 394 g/mol. The zero-order valence-corrected chi connectivity index (χ0v) is 17.8. The average molecular weight is 422 g/mol. The number of amides is 1. The highest BCUT2D eigenvalue weighted by molar-refractivity contribution is 7.88. The molecule has 29 heavy (non-hydrogen) atoms. The predicted octanol–water partition coefficient (Wildman–Crippen LogP) is 0.922. The van der Waals surface area contributed by atoms with Gasteiger partial charge in [0.05, 0.1) is 6.26 Å². The number of piperidine rings is 1. The van der Waals surface area contributed by atoms with Gasteiger partial charge in [0.15, 0.2) is 0 Å². The number of benzene rings is 1. The van der Waals surface area contributed by atoms with Gasteiger partial charge in [0.2, 0.25) is 15.9 Å². The lowest BCUT2D eigenvalue weighted by Crippen LogP contribution is -2.37.